The second kappa shape index (κ2) is 9.98. The lowest BCUT2D eigenvalue weighted by Crippen LogP contribution is -2.36. The third kappa shape index (κ3) is 5.66. The van der Waals surface area contributed by atoms with Gasteiger partial charge < -0.3 is 19.7 Å². The molecule has 1 aromatic rings. The summed E-state index contributed by atoms with van der Waals surface area (Å²) in [6.07, 6.45) is 4.18. The van der Waals surface area contributed by atoms with Crippen LogP contribution in [0.3, 0.4) is 0 Å². The Bertz CT molecular complexity index is 495. The molecule has 0 atom stereocenters. The molecule has 0 heterocycles. The minimum Gasteiger partial charge on any atom is -0.493 e. The minimum atomic E-state index is -0.0535. The molecular formula is C18H30N2O3. The molecule has 1 aromatic carbocycles. The predicted octanol–water partition coefficient (Wildman–Crippen LogP) is 4.45. The number of carbonyl (C=O) groups is 1. The Morgan fingerprint density at radius 3 is 2.04 bits per heavy atom. The number of ether oxygens (including phenoxy) is 2. The van der Waals surface area contributed by atoms with Crippen molar-refractivity contribution in [3.05, 3.63) is 17.7 Å². The normalized spacial score (nSPS) is 10.3. The molecule has 5 heteroatoms. The standard InChI is InChI=1S/C18H30N2O3/c1-6-8-10-20(11-9-7-2)18(21)19-15-13-17(23-5)16(22-4)12-14(15)3/h12-13H,6-11H2,1-5H3,(H,19,21). The van der Waals surface area contributed by atoms with E-state index >= 15 is 0 Å². The summed E-state index contributed by atoms with van der Waals surface area (Å²) in [6.45, 7) is 7.78. The zero-order chi connectivity index (χ0) is 17.2. The van der Waals surface area contributed by atoms with E-state index in [2.05, 4.69) is 19.2 Å². The fraction of sp³-hybridized carbons (Fsp3) is 0.611. The topological polar surface area (TPSA) is 50.8 Å². The summed E-state index contributed by atoms with van der Waals surface area (Å²) < 4.78 is 10.6. The van der Waals surface area contributed by atoms with Gasteiger partial charge in [-0.05, 0) is 31.4 Å². The molecule has 0 aliphatic rings. The van der Waals surface area contributed by atoms with Crippen LogP contribution in [0.25, 0.3) is 0 Å². The molecule has 2 amide bonds. The lowest BCUT2D eigenvalue weighted by molar-refractivity contribution is 0.210. The van der Waals surface area contributed by atoms with E-state index in [1.165, 1.54) is 0 Å². The number of anilines is 1. The highest BCUT2D eigenvalue weighted by Crippen LogP contribution is 2.33. The van der Waals surface area contributed by atoms with Crippen molar-refractivity contribution >= 4 is 11.7 Å². The van der Waals surface area contributed by atoms with Crippen molar-refractivity contribution in [2.24, 2.45) is 0 Å². The smallest absolute Gasteiger partial charge is 0.321 e. The first-order valence-corrected chi connectivity index (χ1v) is 8.35. The molecule has 0 spiro atoms. The second-order valence-electron chi connectivity index (χ2n) is 5.65. The highest BCUT2D eigenvalue weighted by atomic mass is 16.5. The maximum Gasteiger partial charge on any atom is 0.321 e. The van der Waals surface area contributed by atoms with Crippen molar-refractivity contribution in [2.45, 2.75) is 46.5 Å². The zero-order valence-corrected chi connectivity index (χ0v) is 15.1. The molecular weight excluding hydrogens is 292 g/mol. The maximum absolute atomic E-state index is 12.6. The molecule has 0 saturated carbocycles. The van der Waals surface area contributed by atoms with Gasteiger partial charge in [0.25, 0.3) is 0 Å². The van der Waals surface area contributed by atoms with Gasteiger partial charge in [-0.25, -0.2) is 4.79 Å². The number of hydrogen-bond acceptors (Lipinski definition) is 3. The van der Waals surface area contributed by atoms with Gasteiger partial charge in [0.15, 0.2) is 11.5 Å². The van der Waals surface area contributed by atoms with Gasteiger partial charge in [0, 0.05) is 24.8 Å². The molecule has 0 radical (unpaired) electrons. The van der Waals surface area contributed by atoms with Crippen molar-refractivity contribution in [3.63, 3.8) is 0 Å². The summed E-state index contributed by atoms with van der Waals surface area (Å²) in [5, 5.41) is 3.01. The third-order valence-corrected chi connectivity index (χ3v) is 3.82. The Balaban J connectivity index is 2.88. The summed E-state index contributed by atoms with van der Waals surface area (Å²) >= 11 is 0. The summed E-state index contributed by atoms with van der Waals surface area (Å²) in [7, 11) is 3.19. The van der Waals surface area contributed by atoms with Crippen LogP contribution in [0.4, 0.5) is 10.5 Å². The third-order valence-electron chi connectivity index (χ3n) is 3.82. The SMILES string of the molecule is CCCCN(CCCC)C(=O)Nc1cc(OC)c(OC)cc1C. The second-order valence-corrected chi connectivity index (χ2v) is 5.65. The van der Waals surface area contributed by atoms with E-state index in [1.807, 2.05) is 24.0 Å². The number of benzene rings is 1. The summed E-state index contributed by atoms with van der Waals surface area (Å²) in [6, 6.07) is 3.63. The van der Waals surface area contributed by atoms with Gasteiger partial charge in [-0.3, -0.25) is 0 Å². The molecule has 23 heavy (non-hydrogen) atoms. The number of aryl methyl sites for hydroxylation is 1. The number of urea groups is 1. The Kier molecular flexibility index (Phi) is 8.30. The van der Waals surface area contributed by atoms with Crippen molar-refractivity contribution in [3.8, 4) is 11.5 Å². The highest BCUT2D eigenvalue weighted by molar-refractivity contribution is 5.90. The monoisotopic (exact) mass is 322 g/mol. The minimum absolute atomic E-state index is 0.0535. The van der Waals surface area contributed by atoms with E-state index in [9.17, 15) is 4.79 Å². The average Bonchev–Trinajstić information content (AvgIpc) is 2.56. The molecule has 130 valence electrons. The van der Waals surface area contributed by atoms with E-state index in [0.29, 0.717) is 11.5 Å². The molecule has 0 bridgehead atoms. The predicted molar refractivity (Wildman–Crippen MR) is 94.7 cm³/mol. The Labute approximate surface area is 140 Å². The van der Waals surface area contributed by atoms with Crippen molar-refractivity contribution in [1.82, 2.24) is 4.90 Å². The van der Waals surface area contributed by atoms with Crippen LogP contribution in [0.1, 0.15) is 45.1 Å². The number of nitrogens with zero attached hydrogens (tertiary/aromatic N) is 1. The summed E-state index contributed by atoms with van der Waals surface area (Å²) in [5.74, 6) is 1.28. The number of rotatable bonds is 9. The lowest BCUT2D eigenvalue weighted by Gasteiger charge is -2.23. The first-order valence-electron chi connectivity index (χ1n) is 8.35. The molecule has 5 nitrogen and oxygen atoms in total. The van der Waals surface area contributed by atoms with Crippen LogP contribution in [-0.4, -0.2) is 38.2 Å². The van der Waals surface area contributed by atoms with Crippen LogP contribution in [0.5, 0.6) is 11.5 Å². The number of hydrogen-bond donors (Lipinski definition) is 1. The highest BCUT2D eigenvalue weighted by Gasteiger charge is 2.15. The van der Waals surface area contributed by atoms with E-state index in [0.717, 1.165) is 50.0 Å². The van der Waals surface area contributed by atoms with Crippen LogP contribution >= 0.6 is 0 Å². The number of methoxy groups -OCH3 is 2. The van der Waals surface area contributed by atoms with Crippen LogP contribution in [0, 0.1) is 6.92 Å². The first-order chi connectivity index (χ1) is 11.1. The molecule has 1 N–H and O–H groups in total. The molecule has 0 saturated heterocycles. The Hall–Kier alpha value is -1.91. The summed E-state index contributed by atoms with van der Waals surface area (Å²) in [5.41, 5.74) is 1.70. The number of unbranched alkanes of at least 4 members (excludes halogenated alkanes) is 2. The van der Waals surface area contributed by atoms with Crippen LogP contribution < -0.4 is 14.8 Å². The average molecular weight is 322 g/mol. The lowest BCUT2D eigenvalue weighted by atomic mass is 10.1. The van der Waals surface area contributed by atoms with Gasteiger partial charge in [-0.15, -0.1) is 0 Å². The Morgan fingerprint density at radius 1 is 1.04 bits per heavy atom. The fourth-order valence-electron chi connectivity index (χ4n) is 2.32. The molecule has 0 aromatic heterocycles. The molecule has 1 rings (SSSR count). The molecule has 0 unspecified atom stereocenters. The molecule has 0 aliphatic carbocycles. The van der Waals surface area contributed by atoms with Gasteiger partial charge in [0.05, 0.1) is 14.2 Å². The quantitative estimate of drug-likeness (QED) is 0.731. The van der Waals surface area contributed by atoms with Crippen molar-refractivity contribution in [2.75, 3.05) is 32.6 Å². The van der Waals surface area contributed by atoms with Gasteiger partial charge in [-0.2, -0.15) is 0 Å². The zero-order valence-electron chi connectivity index (χ0n) is 15.1. The van der Waals surface area contributed by atoms with E-state index < -0.39 is 0 Å². The van der Waals surface area contributed by atoms with E-state index in [1.54, 1.807) is 14.2 Å². The van der Waals surface area contributed by atoms with Gasteiger partial charge in [-0.1, -0.05) is 26.7 Å². The maximum atomic E-state index is 12.6. The van der Waals surface area contributed by atoms with Crippen molar-refractivity contribution < 1.29 is 14.3 Å². The number of nitrogens with one attached hydrogen (secondary N) is 1. The van der Waals surface area contributed by atoms with E-state index in [4.69, 9.17) is 9.47 Å². The van der Waals surface area contributed by atoms with Gasteiger partial charge in [0.1, 0.15) is 0 Å². The summed E-state index contributed by atoms with van der Waals surface area (Å²) in [4.78, 5) is 14.5. The van der Waals surface area contributed by atoms with Gasteiger partial charge in [0.2, 0.25) is 0 Å². The largest absolute Gasteiger partial charge is 0.493 e. The number of carbonyl (C=O) groups excluding carboxylic acids is 1. The number of amides is 2. The van der Waals surface area contributed by atoms with Crippen LogP contribution in [0.15, 0.2) is 12.1 Å². The first kappa shape index (κ1) is 19.1. The van der Waals surface area contributed by atoms with Crippen molar-refractivity contribution in [1.29, 1.82) is 0 Å². The fourth-order valence-corrected chi connectivity index (χ4v) is 2.32. The molecule has 0 aliphatic heterocycles. The molecule has 0 fully saturated rings. The van der Waals surface area contributed by atoms with Crippen LogP contribution in [-0.2, 0) is 0 Å². The van der Waals surface area contributed by atoms with E-state index in [-0.39, 0.29) is 6.03 Å². The van der Waals surface area contributed by atoms with Crippen LogP contribution in [0.2, 0.25) is 0 Å². The van der Waals surface area contributed by atoms with Gasteiger partial charge >= 0.3 is 6.03 Å². The Morgan fingerprint density at radius 2 is 1.57 bits per heavy atom.